The number of benzene rings is 1. The van der Waals surface area contributed by atoms with E-state index in [1.165, 1.54) is 37.2 Å². The molecular weight excluding hydrogens is 234 g/mol. The molecule has 0 spiro atoms. The van der Waals surface area contributed by atoms with E-state index in [9.17, 15) is 0 Å². The van der Waals surface area contributed by atoms with Crippen LogP contribution in [-0.4, -0.2) is 37.1 Å². The second-order valence-corrected chi connectivity index (χ2v) is 5.86. The van der Waals surface area contributed by atoms with E-state index in [0.29, 0.717) is 0 Å². The van der Waals surface area contributed by atoms with Crippen LogP contribution in [0.25, 0.3) is 0 Å². The van der Waals surface area contributed by atoms with Crippen LogP contribution >= 0.6 is 0 Å². The number of piperazine rings is 1. The van der Waals surface area contributed by atoms with Crippen LogP contribution in [0, 0.1) is 0 Å². The van der Waals surface area contributed by atoms with E-state index in [1.807, 2.05) is 0 Å². The Morgan fingerprint density at radius 3 is 2.26 bits per heavy atom. The molecule has 1 aromatic carbocycles. The van der Waals surface area contributed by atoms with Gasteiger partial charge in [0.25, 0.3) is 0 Å². The van der Waals surface area contributed by atoms with Crippen LogP contribution in [0.3, 0.4) is 0 Å². The summed E-state index contributed by atoms with van der Waals surface area (Å²) >= 11 is 0. The zero-order valence-corrected chi connectivity index (χ0v) is 11.9. The highest BCUT2D eigenvalue weighted by Crippen LogP contribution is 2.28. The van der Waals surface area contributed by atoms with E-state index in [0.717, 1.165) is 25.6 Å². The molecule has 0 bridgehead atoms. The Morgan fingerprint density at radius 1 is 1.11 bits per heavy atom. The molecule has 1 aliphatic heterocycles. The zero-order valence-electron chi connectivity index (χ0n) is 11.9. The lowest BCUT2D eigenvalue weighted by molar-refractivity contribution is 0.248. The lowest BCUT2D eigenvalue weighted by Crippen LogP contribution is -2.47. The summed E-state index contributed by atoms with van der Waals surface area (Å²) in [6.45, 7) is 6.91. The highest BCUT2D eigenvalue weighted by molar-refractivity contribution is 5.48. The van der Waals surface area contributed by atoms with Gasteiger partial charge in [0.05, 0.1) is 0 Å². The normalized spacial score (nSPS) is 22.5. The van der Waals surface area contributed by atoms with Crippen molar-refractivity contribution in [1.29, 1.82) is 0 Å². The lowest BCUT2D eigenvalue weighted by atomic mass is 10.0. The molecule has 1 unspecified atom stereocenters. The molecule has 0 amide bonds. The molecule has 3 nitrogen and oxygen atoms in total. The van der Waals surface area contributed by atoms with Gasteiger partial charge in [0.15, 0.2) is 0 Å². The molecule has 19 heavy (non-hydrogen) atoms. The van der Waals surface area contributed by atoms with E-state index in [4.69, 9.17) is 5.73 Å². The number of anilines is 1. The maximum absolute atomic E-state index is 6.06. The summed E-state index contributed by atoms with van der Waals surface area (Å²) < 4.78 is 0. The molecule has 0 radical (unpaired) electrons. The summed E-state index contributed by atoms with van der Waals surface area (Å²) in [5.41, 5.74) is 8.66. The van der Waals surface area contributed by atoms with Crippen molar-refractivity contribution in [2.75, 3.05) is 31.1 Å². The fourth-order valence-corrected chi connectivity index (χ4v) is 2.95. The molecule has 1 heterocycles. The first kappa shape index (κ1) is 12.9. The van der Waals surface area contributed by atoms with Gasteiger partial charge in [-0.15, -0.1) is 0 Å². The highest BCUT2D eigenvalue weighted by atomic mass is 15.3. The van der Waals surface area contributed by atoms with Crippen molar-refractivity contribution >= 4 is 5.69 Å². The lowest BCUT2D eigenvalue weighted by Gasteiger charge is -2.36. The van der Waals surface area contributed by atoms with Crippen molar-refractivity contribution in [3.63, 3.8) is 0 Å². The van der Waals surface area contributed by atoms with Crippen LogP contribution in [0.4, 0.5) is 5.69 Å². The minimum atomic E-state index is 0.181. The molecule has 1 aromatic rings. The minimum absolute atomic E-state index is 0.181. The Balaban J connectivity index is 1.60. The van der Waals surface area contributed by atoms with Gasteiger partial charge < -0.3 is 10.6 Å². The van der Waals surface area contributed by atoms with E-state index in [-0.39, 0.29) is 6.04 Å². The molecule has 3 heteroatoms. The maximum Gasteiger partial charge on any atom is 0.0367 e. The highest BCUT2D eigenvalue weighted by Gasteiger charge is 2.31. The fourth-order valence-electron chi connectivity index (χ4n) is 2.95. The number of rotatable bonds is 4. The third-order valence-electron chi connectivity index (χ3n) is 4.50. The summed E-state index contributed by atoms with van der Waals surface area (Å²) in [4.78, 5) is 5.15. The SMILES string of the molecule is CCC(N)c1ccc(N2CCN(C3CC3)CC2)cc1. The van der Waals surface area contributed by atoms with Gasteiger partial charge in [-0.2, -0.15) is 0 Å². The summed E-state index contributed by atoms with van der Waals surface area (Å²) in [6, 6.07) is 9.94. The first-order valence-corrected chi connectivity index (χ1v) is 7.62. The predicted molar refractivity (Wildman–Crippen MR) is 80.5 cm³/mol. The van der Waals surface area contributed by atoms with Gasteiger partial charge in [0, 0.05) is 44.0 Å². The molecule has 3 rings (SSSR count). The summed E-state index contributed by atoms with van der Waals surface area (Å²) in [7, 11) is 0. The molecule has 1 saturated carbocycles. The van der Waals surface area contributed by atoms with Gasteiger partial charge >= 0.3 is 0 Å². The minimum Gasteiger partial charge on any atom is -0.369 e. The number of hydrogen-bond acceptors (Lipinski definition) is 3. The summed E-state index contributed by atoms with van der Waals surface area (Å²) in [5, 5.41) is 0. The molecule has 104 valence electrons. The number of nitrogens with two attached hydrogens (primary N) is 1. The van der Waals surface area contributed by atoms with Gasteiger partial charge in [-0.05, 0) is 37.0 Å². The third-order valence-corrected chi connectivity index (χ3v) is 4.50. The molecule has 1 aliphatic carbocycles. The van der Waals surface area contributed by atoms with Gasteiger partial charge in [-0.1, -0.05) is 19.1 Å². The van der Waals surface area contributed by atoms with Crippen LogP contribution in [0.2, 0.25) is 0 Å². The molecule has 2 fully saturated rings. The van der Waals surface area contributed by atoms with Crippen molar-refractivity contribution in [3.8, 4) is 0 Å². The summed E-state index contributed by atoms with van der Waals surface area (Å²) in [5.74, 6) is 0. The maximum atomic E-state index is 6.06. The molecule has 1 saturated heterocycles. The molecular formula is C16H25N3. The Kier molecular flexibility index (Phi) is 3.76. The van der Waals surface area contributed by atoms with Crippen LogP contribution in [0.5, 0.6) is 0 Å². The van der Waals surface area contributed by atoms with E-state index < -0.39 is 0 Å². The average Bonchev–Trinajstić information content (AvgIpc) is 3.31. The Morgan fingerprint density at radius 2 is 1.74 bits per heavy atom. The van der Waals surface area contributed by atoms with Gasteiger partial charge in [-0.3, -0.25) is 4.90 Å². The van der Waals surface area contributed by atoms with E-state index in [1.54, 1.807) is 0 Å². The van der Waals surface area contributed by atoms with Crippen molar-refractivity contribution in [2.24, 2.45) is 5.73 Å². The second kappa shape index (κ2) is 5.51. The fraction of sp³-hybridized carbons (Fsp3) is 0.625. The topological polar surface area (TPSA) is 32.5 Å². The van der Waals surface area contributed by atoms with Gasteiger partial charge in [0.1, 0.15) is 0 Å². The third kappa shape index (κ3) is 2.93. The Bertz CT molecular complexity index is 403. The van der Waals surface area contributed by atoms with E-state index in [2.05, 4.69) is 41.0 Å². The first-order valence-electron chi connectivity index (χ1n) is 7.62. The van der Waals surface area contributed by atoms with Crippen LogP contribution in [-0.2, 0) is 0 Å². The molecule has 1 atom stereocenters. The van der Waals surface area contributed by atoms with Gasteiger partial charge in [0.2, 0.25) is 0 Å². The van der Waals surface area contributed by atoms with Crippen LogP contribution < -0.4 is 10.6 Å². The quantitative estimate of drug-likeness (QED) is 0.901. The van der Waals surface area contributed by atoms with Crippen molar-refractivity contribution in [3.05, 3.63) is 29.8 Å². The number of nitrogens with zero attached hydrogens (tertiary/aromatic N) is 2. The van der Waals surface area contributed by atoms with Crippen LogP contribution in [0.15, 0.2) is 24.3 Å². The zero-order chi connectivity index (χ0) is 13.2. The smallest absolute Gasteiger partial charge is 0.0367 e. The largest absolute Gasteiger partial charge is 0.369 e. The molecule has 2 aliphatic rings. The monoisotopic (exact) mass is 259 g/mol. The Hall–Kier alpha value is -1.06. The van der Waals surface area contributed by atoms with Gasteiger partial charge in [-0.25, -0.2) is 0 Å². The Labute approximate surface area is 116 Å². The predicted octanol–water partition coefficient (Wildman–Crippen LogP) is 2.38. The molecule has 2 N–H and O–H groups in total. The van der Waals surface area contributed by atoms with Crippen molar-refractivity contribution in [2.45, 2.75) is 38.3 Å². The standard InChI is InChI=1S/C16H25N3/c1-2-16(17)13-3-5-14(6-4-13)18-9-11-19(12-10-18)15-7-8-15/h3-6,15-16H,2,7-12,17H2,1H3. The van der Waals surface area contributed by atoms with Crippen molar-refractivity contribution < 1.29 is 0 Å². The molecule has 0 aromatic heterocycles. The van der Waals surface area contributed by atoms with Crippen LogP contribution in [0.1, 0.15) is 37.8 Å². The second-order valence-electron chi connectivity index (χ2n) is 5.86. The van der Waals surface area contributed by atoms with E-state index >= 15 is 0 Å². The van der Waals surface area contributed by atoms with Crippen molar-refractivity contribution in [1.82, 2.24) is 4.90 Å². The first-order chi connectivity index (χ1) is 9.28. The summed E-state index contributed by atoms with van der Waals surface area (Å²) in [6.07, 6.45) is 3.84. The number of hydrogen-bond donors (Lipinski definition) is 1. The average molecular weight is 259 g/mol.